The molecule has 1 N–H and O–H groups in total. The first-order valence-corrected chi connectivity index (χ1v) is 11.7. The van der Waals surface area contributed by atoms with Crippen LogP contribution in [0.5, 0.6) is 5.75 Å². The van der Waals surface area contributed by atoms with E-state index >= 15 is 0 Å². The van der Waals surface area contributed by atoms with Crippen LogP contribution in [0.4, 0.5) is 0 Å². The van der Waals surface area contributed by atoms with Gasteiger partial charge in [0.25, 0.3) is 0 Å². The molecule has 1 aromatic rings. The molecule has 5 aliphatic carbocycles. The molecule has 0 aliphatic heterocycles. The maximum Gasteiger partial charge on any atom is 0.119 e. The highest BCUT2D eigenvalue weighted by Crippen LogP contribution is 2.57. The van der Waals surface area contributed by atoms with Crippen molar-refractivity contribution in [3.8, 4) is 5.75 Å². The largest absolute Gasteiger partial charge is 0.508 e. The van der Waals surface area contributed by atoms with Gasteiger partial charge in [-0.2, -0.15) is 0 Å². The van der Waals surface area contributed by atoms with Crippen molar-refractivity contribution in [3.05, 3.63) is 29.3 Å². The molecule has 0 radical (unpaired) electrons. The van der Waals surface area contributed by atoms with Gasteiger partial charge in [-0.3, -0.25) is 0 Å². The van der Waals surface area contributed by atoms with Crippen molar-refractivity contribution in [3.63, 3.8) is 0 Å². The van der Waals surface area contributed by atoms with Gasteiger partial charge in [-0.1, -0.05) is 19.1 Å². The minimum Gasteiger partial charge on any atom is -0.508 e. The zero-order valence-electron chi connectivity index (χ0n) is 17.1. The summed E-state index contributed by atoms with van der Waals surface area (Å²) in [5.74, 6) is 5.83. The summed E-state index contributed by atoms with van der Waals surface area (Å²) in [7, 11) is 0. The molecule has 0 saturated heterocycles. The van der Waals surface area contributed by atoms with Gasteiger partial charge in [-0.05, 0) is 124 Å². The third-order valence-electron chi connectivity index (χ3n) is 8.63. The van der Waals surface area contributed by atoms with Gasteiger partial charge in [0.1, 0.15) is 5.75 Å². The number of nitrogens with zero attached hydrogens (tertiary/aromatic N) is 1. The van der Waals surface area contributed by atoms with Crippen molar-refractivity contribution in [2.75, 3.05) is 13.1 Å². The number of benzene rings is 1. The molecule has 4 fully saturated rings. The van der Waals surface area contributed by atoms with Crippen molar-refractivity contribution < 1.29 is 5.11 Å². The van der Waals surface area contributed by atoms with Crippen LogP contribution >= 0.6 is 0 Å². The Hall–Kier alpha value is -1.02. The van der Waals surface area contributed by atoms with Crippen molar-refractivity contribution >= 4 is 0 Å². The van der Waals surface area contributed by atoms with Crippen molar-refractivity contribution in [2.24, 2.45) is 29.6 Å². The van der Waals surface area contributed by atoms with E-state index in [-0.39, 0.29) is 0 Å². The van der Waals surface area contributed by atoms with Crippen LogP contribution in [0.25, 0.3) is 0 Å². The normalized spacial score (nSPS) is 37.0. The lowest BCUT2D eigenvalue weighted by molar-refractivity contribution is -0.0439. The first-order valence-electron chi connectivity index (χ1n) is 11.7. The lowest BCUT2D eigenvalue weighted by Crippen LogP contribution is -2.47. The first-order chi connectivity index (χ1) is 13.2. The monoisotopic (exact) mass is 367 g/mol. The molecule has 1 atom stereocenters. The van der Waals surface area contributed by atoms with Crippen LogP contribution in [0, 0.1) is 29.6 Å². The Morgan fingerprint density at radius 2 is 1.74 bits per heavy atom. The third kappa shape index (κ3) is 3.43. The standard InChI is InChI=1S/C25H37NO/c1-2-9-26(22-7-6-19-4-3-5-25(27)24(19)16-22)10-8-23-20-12-17-11-18(14-20)15-21(23)13-17/h3-5,17-18,20-23,27H,2,6-16H2,1H3. The van der Waals surface area contributed by atoms with E-state index in [9.17, 15) is 5.11 Å². The topological polar surface area (TPSA) is 23.5 Å². The Morgan fingerprint density at radius 3 is 2.44 bits per heavy atom. The third-order valence-corrected chi connectivity index (χ3v) is 8.63. The molecule has 1 unspecified atom stereocenters. The number of aryl methyl sites for hydroxylation is 1. The summed E-state index contributed by atoms with van der Waals surface area (Å²) in [6.07, 6.45) is 13.9. The summed E-state index contributed by atoms with van der Waals surface area (Å²) in [6, 6.07) is 6.72. The Labute approximate surface area is 165 Å². The molecule has 0 amide bonds. The number of hydrogen-bond acceptors (Lipinski definition) is 2. The van der Waals surface area contributed by atoms with Gasteiger partial charge in [-0.15, -0.1) is 0 Å². The second-order valence-electron chi connectivity index (χ2n) is 10.2. The van der Waals surface area contributed by atoms with Crippen LogP contribution in [0.15, 0.2) is 18.2 Å². The molecule has 0 aromatic heterocycles. The van der Waals surface area contributed by atoms with Crippen LogP contribution in [0.1, 0.15) is 69.4 Å². The van der Waals surface area contributed by atoms with Gasteiger partial charge in [0.05, 0.1) is 0 Å². The van der Waals surface area contributed by atoms with E-state index in [0.717, 1.165) is 42.4 Å². The summed E-state index contributed by atoms with van der Waals surface area (Å²) >= 11 is 0. The zero-order valence-corrected chi connectivity index (χ0v) is 17.1. The molecule has 0 spiro atoms. The van der Waals surface area contributed by atoms with E-state index in [4.69, 9.17) is 0 Å². The summed E-state index contributed by atoms with van der Waals surface area (Å²) in [6.45, 7) is 4.83. The molecular formula is C25H37NO. The van der Waals surface area contributed by atoms with E-state index in [1.807, 2.05) is 12.1 Å². The van der Waals surface area contributed by atoms with Crippen LogP contribution in [0.3, 0.4) is 0 Å². The fourth-order valence-electron chi connectivity index (χ4n) is 7.65. The number of phenolic OH excluding ortho intramolecular Hbond substituents is 1. The molecule has 2 nitrogen and oxygen atoms in total. The highest BCUT2D eigenvalue weighted by atomic mass is 16.3. The molecule has 148 valence electrons. The predicted molar refractivity (Wildman–Crippen MR) is 111 cm³/mol. The predicted octanol–water partition coefficient (Wildman–Crippen LogP) is 5.42. The summed E-state index contributed by atoms with van der Waals surface area (Å²) < 4.78 is 0. The molecule has 1 aromatic carbocycles. The van der Waals surface area contributed by atoms with E-state index < -0.39 is 0 Å². The van der Waals surface area contributed by atoms with Crippen LogP contribution in [-0.2, 0) is 12.8 Å². The lowest BCUT2D eigenvalue weighted by Gasteiger charge is -2.55. The second kappa shape index (κ2) is 7.43. The molecule has 4 bridgehead atoms. The highest BCUT2D eigenvalue weighted by Gasteiger charge is 2.47. The molecule has 5 aliphatic rings. The highest BCUT2D eigenvalue weighted by molar-refractivity contribution is 5.41. The quantitative estimate of drug-likeness (QED) is 0.725. The minimum atomic E-state index is 0.523. The molecule has 2 heteroatoms. The SMILES string of the molecule is CCCN(CCC1C2CC3CC(C2)CC1C3)C1CCc2cccc(O)c2C1. The number of fused-ring (bicyclic) bond motifs is 1. The van der Waals surface area contributed by atoms with E-state index in [1.165, 1.54) is 43.5 Å². The van der Waals surface area contributed by atoms with Gasteiger partial charge < -0.3 is 10.0 Å². The molecular weight excluding hydrogens is 330 g/mol. The number of rotatable bonds is 6. The Balaban J connectivity index is 1.25. The van der Waals surface area contributed by atoms with Gasteiger partial charge in [0.15, 0.2) is 0 Å². The van der Waals surface area contributed by atoms with E-state index in [1.54, 1.807) is 32.1 Å². The Bertz CT molecular complexity index is 640. The van der Waals surface area contributed by atoms with Gasteiger partial charge in [0, 0.05) is 6.04 Å². The first kappa shape index (κ1) is 18.0. The van der Waals surface area contributed by atoms with Gasteiger partial charge in [0.2, 0.25) is 0 Å². The molecule has 4 saturated carbocycles. The lowest BCUT2D eigenvalue weighted by atomic mass is 9.51. The number of hydrogen-bond donors (Lipinski definition) is 1. The molecule has 27 heavy (non-hydrogen) atoms. The molecule has 6 rings (SSSR count). The van der Waals surface area contributed by atoms with E-state index in [2.05, 4.69) is 17.9 Å². The summed E-state index contributed by atoms with van der Waals surface area (Å²) in [4.78, 5) is 2.79. The zero-order chi connectivity index (χ0) is 18.4. The maximum atomic E-state index is 10.3. The van der Waals surface area contributed by atoms with Crippen LogP contribution in [0.2, 0.25) is 0 Å². The van der Waals surface area contributed by atoms with Gasteiger partial charge >= 0.3 is 0 Å². The fourth-order valence-corrected chi connectivity index (χ4v) is 7.65. The molecule has 0 heterocycles. The average molecular weight is 368 g/mol. The number of aromatic hydroxyl groups is 1. The van der Waals surface area contributed by atoms with Crippen molar-refractivity contribution in [1.82, 2.24) is 4.90 Å². The van der Waals surface area contributed by atoms with Crippen molar-refractivity contribution in [1.29, 1.82) is 0 Å². The van der Waals surface area contributed by atoms with Crippen molar-refractivity contribution in [2.45, 2.75) is 77.2 Å². The smallest absolute Gasteiger partial charge is 0.119 e. The van der Waals surface area contributed by atoms with Crippen LogP contribution < -0.4 is 0 Å². The minimum absolute atomic E-state index is 0.523. The maximum absolute atomic E-state index is 10.3. The summed E-state index contributed by atoms with van der Waals surface area (Å²) in [5, 5.41) is 10.3. The number of phenols is 1. The van der Waals surface area contributed by atoms with E-state index in [0.29, 0.717) is 11.8 Å². The summed E-state index contributed by atoms with van der Waals surface area (Å²) in [5.41, 5.74) is 2.60. The average Bonchev–Trinajstić information content (AvgIpc) is 2.66. The Morgan fingerprint density at radius 1 is 1.00 bits per heavy atom. The Kier molecular flexibility index (Phi) is 4.96. The van der Waals surface area contributed by atoms with Crippen LogP contribution in [-0.4, -0.2) is 29.1 Å². The van der Waals surface area contributed by atoms with Gasteiger partial charge in [-0.25, -0.2) is 0 Å². The fraction of sp³-hybridized carbons (Fsp3) is 0.760. The second-order valence-corrected chi connectivity index (χ2v) is 10.2.